The van der Waals surface area contributed by atoms with Gasteiger partial charge in [-0.2, -0.15) is 0 Å². The van der Waals surface area contributed by atoms with E-state index >= 15 is 0 Å². The molecule has 6 nitrogen and oxygen atoms in total. The van der Waals surface area contributed by atoms with E-state index in [0.29, 0.717) is 6.54 Å². The highest BCUT2D eigenvalue weighted by atomic mass is 127. The predicted octanol–water partition coefficient (Wildman–Crippen LogP) is 3.86. The Balaban J connectivity index is 0.00000320. The molecule has 2 aromatic rings. The molecule has 3 rings (SSSR count). The molecule has 1 aromatic carbocycles. The molecule has 0 bridgehead atoms. The fourth-order valence-electron chi connectivity index (χ4n) is 3.62. The lowest BCUT2D eigenvalue weighted by Crippen LogP contribution is -2.46. The van der Waals surface area contributed by atoms with E-state index in [-0.39, 0.29) is 24.0 Å². The zero-order chi connectivity index (χ0) is 20.3. The number of hydrogen-bond acceptors (Lipinski definition) is 4. The molecule has 1 aromatic heterocycles. The predicted molar refractivity (Wildman–Crippen MR) is 136 cm³/mol. The van der Waals surface area contributed by atoms with Crippen molar-refractivity contribution >= 4 is 35.6 Å². The number of halogens is 1. The molecule has 0 unspecified atom stereocenters. The lowest BCUT2D eigenvalue weighted by Gasteiger charge is -2.36. The first-order chi connectivity index (χ1) is 14.2. The second kappa shape index (κ2) is 13.5. The maximum atomic E-state index is 5.34. The van der Waals surface area contributed by atoms with E-state index in [2.05, 4.69) is 63.5 Å². The Bertz CT molecular complexity index is 742. The highest BCUT2D eigenvalue weighted by molar-refractivity contribution is 14.0. The van der Waals surface area contributed by atoms with Crippen LogP contribution in [0.5, 0.6) is 0 Å². The highest BCUT2D eigenvalue weighted by Gasteiger charge is 2.16. The van der Waals surface area contributed by atoms with Crippen LogP contribution in [0.25, 0.3) is 0 Å². The molecule has 2 heterocycles. The van der Waals surface area contributed by atoms with Crippen molar-refractivity contribution in [3.05, 3.63) is 54.0 Å². The second-order valence-electron chi connectivity index (χ2n) is 7.58. The van der Waals surface area contributed by atoms with Crippen molar-refractivity contribution in [2.24, 2.45) is 4.99 Å². The topological polar surface area (TPSA) is 56.0 Å². The number of anilines is 1. The number of aliphatic imine (C=N–C) groups is 1. The first kappa shape index (κ1) is 24.5. The Morgan fingerprint density at radius 1 is 1.07 bits per heavy atom. The summed E-state index contributed by atoms with van der Waals surface area (Å²) in [6, 6.07) is 12.7. The van der Waals surface area contributed by atoms with E-state index in [4.69, 9.17) is 4.42 Å². The van der Waals surface area contributed by atoms with Crippen LogP contribution in [0.4, 0.5) is 5.69 Å². The minimum Gasteiger partial charge on any atom is -0.467 e. The van der Waals surface area contributed by atoms with Crippen molar-refractivity contribution in [3.63, 3.8) is 0 Å². The molecule has 0 atom stereocenters. The van der Waals surface area contributed by atoms with Gasteiger partial charge in [-0.1, -0.05) is 12.1 Å². The van der Waals surface area contributed by atoms with Crippen LogP contribution in [-0.2, 0) is 6.54 Å². The van der Waals surface area contributed by atoms with Crippen LogP contribution in [0.15, 0.2) is 52.1 Å². The molecule has 1 saturated heterocycles. The Morgan fingerprint density at radius 3 is 2.60 bits per heavy atom. The summed E-state index contributed by atoms with van der Waals surface area (Å²) in [6.45, 7) is 12.3. The Kier molecular flexibility index (Phi) is 11.1. The van der Waals surface area contributed by atoms with Crippen LogP contribution in [0.2, 0.25) is 0 Å². The monoisotopic (exact) mass is 525 g/mol. The third kappa shape index (κ3) is 8.18. The van der Waals surface area contributed by atoms with Crippen molar-refractivity contribution in [1.29, 1.82) is 0 Å². The number of aryl methyl sites for hydroxylation is 1. The first-order valence-electron chi connectivity index (χ1n) is 10.8. The third-order valence-electron chi connectivity index (χ3n) is 5.25. The third-order valence-corrected chi connectivity index (χ3v) is 5.25. The van der Waals surface area contributed by atoms with E-state index in [1.54, 1.807) is 6.26 Å². The van der Waals surface area contributed by atoms with Gasteiger partial charge in [-0.3, -0.25) is 4.90 Å². The SMILES string of the molecule is CCNC(=NCc1ccco1)NCCCCN1CCN(c2cccc(C)c2)CC1.I. The van der Waals surface area contributed by atoms with Gasteiger partial charge in [-0.25, -0.2) is 4.99 Å². The van der Waals surface area contributed by atoms with Crippen molar-refractivity contribution in [3.8, 4) is 0 Å². The van der Waals surface area contributed by atoms with Gasteiger partial charge in [0.25, 0.3) is 0 Å². The van der Waals surface area contributed by atoms with Crippen molar-refractivity contribution in [1.82, 2.24) is 15.5 Å². The van der Waals surface area contributed by atoms with Gasteiger partial charge >= 0.3 is 0 Å². The molecular formula is C23H36IN5O. The summed E-state index contributed by atoms with van der Waals surface area (Å²) >= 11 is 0. The van der Waals surface area contributed by atoms with Gasteiger partial charge in [0.15, 0.2) is 5.96 Å². The lowest BCUT2D eigenvalue weighted by atomic mass is 10.2. The maximum absolute atomic E-state index is 5.34. The van der Waals surface area contributed by atoms with E-state index in [1.165, 1.54) is 24.2 Å². The van der Waals surface area contributed by atoms with Crippen LogP contribution in [0, 0.1) is 6.92 Å². The molecule has 166 valence electrons. The van der Waals surface area contributed by atoms with Crippen molar-refractivity contribution < 1.29 is 4.42 Å². The summed E-state index contributed by atoms with van der Waals surface area (Å²) in [4.78, 5) is 9.66. The summed E-state index contributed by atoms with van der Waals surface area (Å²) < 4.78 is 5.34. The van der Waals surface area contributed by atoms with Gasteiger partial charge in [0.1, 0.15) is 12.3 Å². The summed E-state index contributed by atoms with van der Waals surface area (Å²) in [5.41, 5.74) is 2.70. The highest BCUT2D eigenvalue weighted by Crippen LogP contribution is 2.17. The van der Waals surface area contributed by atoms with Crippen molar-refractivity contribution in [2.45, 2.75) is 33.2 Å². The number of guanidine groups is 1. The Morgan fingerprint density at radius 2 is 1.90 bits per heavy atom. The summed E-state index contributed by atoms with van der Waals surface area (Å²) in [5, 5.41) is 6.72. The van der Waals surface area contributed by atoms with E-state index in [1.807, 2.05) is 12.1 Å². The van der Waals surface area contributed by atoms with Gasteiger partial charge in [0.05, 0.1) is 6.26 Å². The number of nitrogens with zero attached hydrogens (tertiary/aromatic N) is 3. The van der Waals surface area contributed by atoms with Crippen LogP contribution >= 0.6 is 24.0 Å². The molecule has 1 fully saturated rings. The van der Waals surface area contributed by atoms with Gasteiger partial charge < -0.3 is 20.0 Å². The summed E-state index contributed by atoms with van der Waals surface area (Å²) in [5.74, 6) is 1.74. The molecule has 0 amide bonds. The molecule has 2 N–H and O–H groups in total. The van der Waals surface area contributed by atoms with Crippen molar-refractivity contribution in [2.75, 3.05) is 50.7 Å². The number of rotatable bonds is 9. The molecule has 30 heavy (non-hydrogen) atoms. The van der Waals surface area contributed by atoms with Gasteiger partial charge in [0, 0.05) is 45.0 Å². The summed E-state index contributed by atoms with van der Waals surface area (Å²) in [7, 11) is 0. The van der Waals surface area contributed by atoms with E-state index in [0.717, 1.165) is 57.4 Å². The largest absolute Gasteiger partial charge is 0.467 e. The molecule has 1 aliphatic rings. The van der Waals surface area contributed by atoms with Gasteiger partial charge in [-0.15, -0.1) is 24.0 Å². The first-order valence-corrected chi connectivity index (χ1v) is 10.8. The van der Waals surface area contributed by atoms with Gasteiger partial charge in [-0.05, 0) is 63.1 Å². The molecule has 0 spiro atoms. The van der Waals surface area contributed by atoms with Crippen LogP contribution in [-0.4, -0.2) is 56.7 Å². The zero-order valence-electron chi connectivity index (χ0n) is 18.3. The quantitative estimate of drug-likeness (QED) is 0.226. The standard InChI is InChI=1S/C23H35N5O.HI/c1-3-24-23(26-19-22-10-7-17-29-22)25-11-4-5-12-27-13-15-28(16-14-27)21-9-6-8-20(2)18-21;/h6-10,17-18H,3-5,11-16,19H2,1-2H3,(H2,24,25,26);1H. The average Bonchev–Trinajstić information content (AvgIpc) is 3.26. The second-order valence-corrected chi connectivity index (χ2v) is 7.58. The number of unbranched alkanes of at least 4 members (excludes halogenated alkanes) is 1. The van der Waals surface area contributed by atoms with Crippen LogP contribution in [0.3, 0.4) is 0 Å². The molecule has 0 saturated carbocycles. The maximum Gasteiger partial charge on any atom is 0.191 e. The molecule has 0 radical (unpaired) electrons. The number of furan rings is 1. The minimum absolute atomic E-state index is 0. The van der Waals surface area contributed by atoms with E-state index < -0.39 is 0 Å². The fourth-order valence-corrected chi connectivity index (χ4v) is 3.62. The number of hydrogen-bond donors (Lipinski definition) is 2. The minimum atomic E-state index is 0. The van der Waals surface area contributed by atoms with Crippen LogP contribution in [0.1, 0.15) is 31.1 Å². The number of nitrogens with one attached hydrogen (secondary N) is 2. The lowest BCUT2D eigenvalue weighted by molar-refractivity contribution is 0.253. The fraction of sp³-hybridized carbons (Fsp3) is 0.522. The number of benzene rings is 1. The molecule has 0 aliphatic carbocycles. The Labute approximate surface area is 198 Å². The zero-order valence-corrected chi connectivity index (χ0v) is 20.6. The smallest absolute Gasteiger partial charge is 0.191 e. The van der Waals surface area contributed by atoms with E-state index in [9.17, 15) is 0 Å². The Hall–Kier alpha value is -1.74. The van der Waals surface area contributed by atoms with Crippen LogP contribution < -0.4 is 15.5 Å². The summed E-state index contributed by atoms with van der Waals surface area (Å²) in [6.07, 6.45) is 4.03. The average molecular weight is 525 g/mol. The normalized spacial score (nSPS) is 15.0. The molecule has 7 heteroatoms. The number of piperazine rings is 1. The molecular weight excluding hydrogens is 489 g/mol. The van der Waals surface area contributed by atoms with Gasteiger partial charge in [0.2, 0.25) is 0 Å². The molecule has 1 aliphatic heterocycles.